The van der Waals surface area contributed by atoms with Crippen LogP contribution >= 0.6 is 15.9 Å². The van der Waals surface area contributed by atoms with Gasteiger partial charge in [-0.05, 0) is 35.7 Å². The van der Waals surface area contributed by atoms with Crippen molar-refractivity contribution in [1.82, 2.24) is 0 Å². The SMILES string of the molecule is CCc1ccccc1C(CN)Nc1cccc(Br)c1. The van der Waals surface area contributed by atoms with E-state index in [-0.39, 0.29) is 6.04 Å². The molecule has 2 aromatic carbocycles. The predicted molar refractivity (Wildman–Crippen MR) is 85.4 cm³/mol. The molecule has 0 bridgehead atoms. The first-order valence-corrected chi connectivity index (χ1v) is 7.34. The quantitative estimate of drug-likeness (QED) is 0.870. The summed E-state index contributed by atoms with van der Waals surface area (Å²) in [5.74, 6) is 0. The van der Waals surface area contributed by atoms with Gasteiger partial charge in [-0.3, -0.25) is 0 Å². The van der Waals surface area contributed by atoms with Crippen LogP contribution in [-0.2, 0) is 6.42 Å². The lowest BCUT2D eigenvalue weighted by Crippen LogP contribution is -2.21. The summed E-state index contributed by atoms with van der Waals surface area (Å²) in [6.45, 7) is 2.75. The fraction of sp³-hybridized carbons (Fsp3) is 0.250. The van der Waals surface area contributed by atoms with E-state index in [9.17, 15) is 0 Å². The zero-order valence-electron chi connectivity index (χ0n) is 11.1. The van der Waals surface area contributed by atoms with Gasteiger partial charge in [0.05, 0.1) is 6.04 Å². The molecule has 3 N–H and O–H groups in total. The van der Waals surface area contributed by atoms with Crippen LogP contribution in [0.5, 0.6) is 0 Å². The van der Waals surface area contributed by atoms with Crippen molar-refractivity contribution in [2.45, 2.75) is 19.4 Å². The number of nitrogens with one attached hydrogen (secondary N) is 1. The Hall–Kier alpha value is -1.32. The maximum absolute atomic E-state index is 5.94. The highest BCUT2D eigenvalue weighted by Gasteiger charge is 2.12. The highest BCUT2D eigenvalue weighted by Crippen LogP contribution is 2.24. The molecule has 0 heterocycles. The highest BCUT2D eigenvalue weighted by atomic mass is 79.9. The molecule has 0 radical (unpaired) electrons. The number of aryl methyl sites for hydroxylation is 1. The summed E-state index contributed by atoms with van der Waals surface area (Å²) in [6, 6.07) is 16.8. The fourth-order valence-electron chi connectivity index (χ4n) is 2.24. The molecule has 0 aliphatic heterocycles. The molecular weight excluding hydrogens is 300 g/mol. The average molecular weight is 319 g/mol. The molecule has 3 heteroatoms. The number of benzene rings is 2. The second-order valence-corrected chi connectivity index (χ2v) is 5.41. The van der Waals surface area contributed by atoms with Crippen molar-refractivity contribution in [2.75, 3.05) is 11.9 Å². The van der Waals surface area contributed by atoms with Crippen LogP contribution in [0.25, 0.3) is 0 Å². The minimum Gasteiger partial charge on any atom is -0.377 e. The van der Waals surface area contributed by atoms with Gasteiger partial charge in [0, 0.05) is 16.7 Å². The molecule has 1 unspecified atom stereocenters. The van der Waals surface area contributed by atoms with E-state index in [0.717, 1.165) is 16.6 Å². The third-order valence-corrected chi connectivity index (χ3v) is 3.71. The van der Waals surface area contributed by atoms with Crippen molar-refractivity contribution >= 4 is 21.6 Å². The molecule has 19 heavy (non-hydrogen) atoms. The van der Waals surface area contributed by atoms with Gasteiger partial charge in [0.25, 0.3) is 0 Å². The first-order chi connectivity index (χ1) is 9.24. The Labute approximate surface area is 123 Å². The second kappa shape index (κ2) is 6.73. The van der Waals surface area contributed by atoms with Crippen LogP contribution in [0, 0.1) is 0 Å². The Bertz CT molecular complexity index is 540. The van der Waals surface area contributed by atoms with Gasteiger partial charge in [0.2, 0.25) is 0 Å². The summed E-state index contributed by atoms with van der Waals surface area (Å²) < 4.78 is 1.07. The van der Waals surface area contributed by atoms with Gasteiger partial charge >= 0.3 is 0 Å². The summed E-state index contributed by atoms with van der Waals surface area (Å²) in [4.78, 5) is 0. The maximum Gasteiger partial charge on any atom is 0.0638 e. The van der Waals surface area contributed by atoms with Crippen LogP contribution in [0.2, 0.25) is 0 Å². The highest BCUT2D eigenvalue weighted by molar-refractivity contribution is 9.10. The van der Waals surface area contributed by atoms with E-state index >= 15 is 0 Å². The van der Waals surface area contributed by atoms with Crippen LogP contribution in [0.4, 0.5) is 5.69 Å². The predicted octanol–water partition coefficient (Wildman–Crippen LogP) is 4.12. The van der Waals surface area contributed by atoms with Crippen LogP contribution in [0.15, 0.2) is 53.0 Å². The second-order valence-electron chi connectivity index (χ2n) is 4.50. The molecule has 0 saturated carbocycles. The lowest BCUT2D eigenvalue weighted by atomic mass is 9.98. The van der Waals surface area contributed by atoms with Gasteiger partial charge in [-0.15, -0.1) is 0 Å². The Morgan fingerprint density at radius 2 is 1.95 bits per heavy atom. The van der Waals surface area contributed by atoms with Gasteiger partial charge < -0.3 is 11.1 Å². The first-order valence-electron chi connectivity index (χ1n) is 6.54. The monoisotopic (exact) mass is 318 g/mol. The number of rotatable bonds is 5. The smallest absolute Gasteiger partial charge is 0.0638 e. The van der Waals surface area contributed by atoms with Crippen molar-refractivity contribution in [1.29, 1.82) is 0 Å². The Morgan fingerprint density at radius 3 is 2.63 bits per heavy atom. The molecule has 0 saturated heterocycles. The minimum atomic E-state index is 0.144. The van der Waals surface area contributed by atoms with E-state index in [1.54, 1.807) is 0 Å². The van der Waals surface area contributed by atoms with Crippen LogP contribution in [0.3, 0.4) is 0 Å². The standard InChI is InChI=1S/C16H19BrN2/c1-2-12-6-3-4-9-15(12)16(11-18)19-14-8-5-7-13(17)10-14/h3-10,16,19H,2,11,18H2,1H3. The molecule has 0 fully saturated rings. The first kappa shape index (κ1) is 14.1. The Kier molecular flexibility index (Phi) is 5.00. The van der Waals surface area contributed by atoms with Crippen molar-refractivity contribution in [3.63, 3.8) is 0 Å². The van der Waals surface area contributed by atoms with E-state index in [1.807, 2.05) is 12.1 Å². The third kappa shape index (κ3) is 3.58. The summed E-state index contributed by atoms with van der Waals surface area (Å²) in [7, 11) is 0. The van der Waals surface area contributed by atoms with Crippen LogP contribution in [0.1, 0.15) is 24.1 Å². The molecule has 100 valence electrons. The van der Waals surface area contributed by atoms with Gasteiger partial charge in [-0.2, -0.15) is 0 Å². The van der Waals surface area contributed by atoms with Gasteiger partial charge in [-0.25, -0.2) is 0 Å². The lowest BCUT2D eigenvalue weighted by molar-refractivity contribution is 0.777. The average Bonchev–Trinajstić information content (AvgIpc) is 2.45. The van der Waals surface area contributed by atoms with Gasteiger partial charge in [0.1, 0.15) is 0 Å². The van der Waals surface area contributed by atoms with E-state index in [1.165, 1.54) is 11.1 Å². The summed E-state index contributed by atoms with van der Waals surface area (Å²) in [6.07, 6.45) is 1.02. The molecule has 0 spiro atoms. The number of hydrogen-bond donors (Lipinski definition) is 2. The number of anilines is 1. The maximum atomic E-state index is 5.94. The van der Waals surface area contributed by atoms with Crippen molar-refractivity contribution in [3.05, 3.63) is 64.1 Å². The molecule has 0 amide bonds. The zero-order valence-corrected chi connectivity index (χ0v) is 12.7. The van der Waals surface area contributed by atoms with E-state index in [2.05, 4.69) is 64.6 Å². The van der Waals surface area contributed by atoms with E-state index < -0.39 is 0 Å². The van der Waals surface area contributed by atoms with E-state index in [0.29, 0.717) is 6.54 Å². The molecule has 0 aliphatic rings. The Morgan fingerprint density at radius 1 is 1.16 bits per heavy atom. The largest absolute Gasteiger partial charge is 0.377 e. The number of nitrogens with two attached hydrogens (primary N) is 1. The molecule has 2 rings (SSSR count). The summed E-state index contributed by atoms with van der Waals surface area (Å²) in [5, 5.41) is 3.51. The molecule has 2 nitrogen and oxygen atoms in total. The van der Waals surface area contributed by atoms with Crippen molar-refractivity contribution < 1.29 is 0 Å². The van der Waals surface area contributed by atoms with Crippen molar-refractivity contribution in [3.8, 4) is 0 Å². The number of halogens is 1. The molecule has 2 aromatic rings. The van der Waals surface area contributed by atoms with Gasteiger partial charge in [-0.1, -0.05) is 53.2 Å². The minimum absolute atomic E-state index is 0.144. The fourth-order valence-corrected chi connectivity index (χ4v) is 2.64. The van der Waals surface area contributed by atoms with Crippen LogP contribution in [-0.4, -0.2) is 6.54 Å². The zero-order chi connectivity index (χ0) is 13.7. The summed E-state index contributed by atoms with van der Waals surface area (Å²) in [5.41, 5.74) is 9.65. The van der Waals surface area contributed by atoms with Crippen molar-refractivity contribution in [2.24, 2.45) is 5.73 Å². The topological polar surface area (TPSA) is 38.0 Å². The summed E-state index contributed by atoms with van der Waals surface area (Å²) >= 11 is 3.49. The molecule has 0 aromatic heterocycles. The lowest BCUT2D eigenvalue weighted by Gasteiger charge is -2.21. The number of hydrogen-bond acceptors (Lipinski definition) is 2. The third-order valence-electron chi connectivity index (χ3n) is 3.21. The molecule has 0 aliphatic carbocycles. The van der Waals surface area contributed by atoms with Gasteiger partial charge in [0.15, 0.2) is 0 Å². The molecule has 1 atom stereocenters. The van der Waals surface area contributed by atoms with Crippen LogP contribution < -0.4 is 11.1 Å². The molecular formula is C16H19BrN2. The normalized spacial score (nSPS) is 12.2. The Balaban J connectivity index is 2.25. The van der Waals surface area contributed by atoms with E-state index in [4.69, 9.17) is 5.73 Å².